The molecule has 6 heteroatoms. The van der Waals surface area contributed by atoms with Crippen LogP contribution in [0.5, 0.6) is 0 Å². The number of alkyl carbamates (subject to hydrolysis) is 1. The van der Waals surface area contributed by atoms with Gasteiger partial charge in [0.05, 0.1) is 6.04 Å². The van der Waals surface area contributed by atoms with E-state index in [-0.39, 0.29) is 24.5 Å². The summed E-state index contributed by atoms with van der Waals surface area (Å²) in [5.74, 6) is -0.229. The van der Waals surface area contributed by atoms with Crippen molar-refractivity contribution >= 4 is 12.0 Å². The van der Waals surface area contributed by atoms with Crippen molar-refractivity contribution in [2.45, 2.75) is 39.0 Å². The molecule has 0 radical (unpaired) electrons. The van der Waals surface area contributed by atoms with Gasteiger partial charge in [0.25, 0.3) is 0 Å². The summed E-state index contributed by atoms with van der Waals surface area (Å²) in [6, 6.07) is 18.9. The molecule has 0 fully saturated rings. The van der Waals surface area contributed by atoms with Crippen molar-refractivity contribution < 1.29 is 14.3 Å². The van der Waals surface area contributed by atoms with Crippen molar-refractivity contribution in [3.8, 4) is 0 Å². The van der Waals surface area contributed by atoms with Crippen molar-refractivity contribution in [3.63, 3.8) is 0 Å². The first-order valence-electron chi connectivity index (χ1n) is 10.4. The SMILES string of the molecule is CC[C@H](C)[C@H](NC(=O)OCc1ccccc1)C(=O)NCC(c1ccccc1)N(C)C. The van der Waals surface area contributed by atoms with Crippen LogP contribution >= 0.6 is 0 Å². The molecule has 0 aliphatic heterocycles. The average Bonchev–Trinajstić information content (AvgIpc) is 2.76. The van der Waals surface area contributed by atoms with Crippen molar-refractivity contribution in [2.24, 2.45) is 5.92 Å². The molecule has 2 rings (SSSR count). The van der Waals surface area contributed by atoms with Crippen LogP contribution in [0.2, 0.25) is 0 Å². The lowest BCUT2D eigenvalue weighted by Crippen LogP contribution is -2.51. The number of rotatable bonds is 10. The van der Waals surface area contributed by atoms with Gasteiger partial charge in [-0.15, -0.1) is 0 Å². The normalized spacial score (nSPS) is 13.9. The predicted molar refractivity (Wildman–Crippen MR) is 119 cm³/mol. The number of nitrogens with zero attached hydrogens (tertiary/aromatic N) is 1. The third-order valence-corrected chi connectivity index (χ3v) is 5.26. The zero-order valence-corrected chi connectivity index (χ0v) is 18.3. The van der Waals surface area contributed by atoms with Gasteiger partial charge in [0.1, 0.15) is 12.6 Å². The minimum absolute atomic E-state index is 0.0243. The Morgan fingerprint density at radius 2 is 1.60 bits per heavy atom. The van der Waals surface area contributed by atoms with Crippen molar-refractivity contribution in [1.82, 2.24) is 15.5 Å². The molecule has 0 saturated heterocycles. The molecule has 0 aromatic heterocycles. The molecule has 2 aromatic carbocycles. The van der Waals surface area contributed by atoms with Gasteiger partial charge in [0, 0.05) is 6.54 Å². The summed E-state index contributed by atoms with van der Waals surface area (Å²) in [6.07, 6.45) is 0.166. The number of amides is 2. The van der Waals surface area contributed by atoms with Crippen LogP contribution in [0.15, 0.2) is 60.7 Å². The minimum atomic E-state index is -0.656. The molecule has 2 N–H and O–H groups in total. The molecule has 162 valence electrons. The molecule has 0 bridgehead atoms. The van der Waals surface area contributed by atoms with Gasteiger partial charge >= 0.3 is 6.09 Å². The molecule has 0 aliphatic carbocycles. The lowest BCUT2D eigenvalue weighted by atomic mass is 9.98. The molecule has 0 heterocycles. The Morgan fingerprint density at radius 1 is 1.00 bits per heavy atom. The second-order valence-corrected chi connectivity index (χ2v) is 7.70. The number of benzene rings is 2. The first-order valence-corrected chi connectivity index (χ1v) is 10.4. The molecule has 0 spiro atoms. The molecule has 30 heavy (non-hydrogen) atoms. The molecule has 2 amide bonds. The second kappa shape index (κ2) is 12.0. The predicted octanol–water partition coefficient (Wildman–Crippen LogP) is 3.75. The van der Waals surface area contributed by atoms with E-state index in [0.29, 0.717) is 6.54 Å². The molecule has 0 saturated carbocycles. The quantitative estimate of drug-likeness (QED) is 0.625. The maximum atomic E-state index is 12.9. The Morgan fingerprint density at radius 3 is 2.17 bits per heavy atom. The summed E-state index contributed by atoms with van der Waals surface area (Å²) in [6.45, 7) is 4.55. The molecule has 0 aliphatic rings. The van der Waals surface area contributed by atoms with Crippen LogP contribution < -0.4 is 10.6 Å². The van der Waals surface area contributed by atoms with Gasteiger partial charge in [-0.3, -0.25) is 4.79 Å². The van der Waals surface area contributed by atoms with Crippen LogP contribution in [-0.2, 0) is 16.1 Å². The monoisotopic (exact) mass is 411 g/mol. The van der Waals surface area contributed by atoms with Gasteiger partial charge in [-0.25, -0.2) is 4.79 Å². The van der Waals surface area contributed by atoms with E-state index in [4.69, 9.17) is 4.74 Å². The Kier molecular flexibility index (Phi) is 9.35. The van der Waals surface area contributed by atoms with Crippen LogP contribution in [-0.4, -0.2) is 43.6 Å². The summed E-state index contributed by atoms with van der Waals surface area (Å²) >= 11 is 0. The number of ether oxygens (including phenoxy) is 1. The smallest absolute Gasteiger partial charge is 0.408 e. The Bertz CT molecular complexity index is 781. The standard InChI is InChI=1S/C24H33N3O3/c1-5-18(2)22(26-24(29)30-17-19-12-8-6-9-13-19)23(28)25-16-21(27(3)4)20-14-10-7-11-15-20/h6-15,18,21-22H,5,16-17H2,1-4H3,(H,25,28)(H,26,29)/t18-,21?,22-/m0/s1. The summed E-state index contributed by atoms with van der Waals surface area (Å²) in [5, 5.41) is 5.75. The Labute approximate surface area is 179 Å². The number of carbonyl (C=O) groups is 2. The zero-order chi connectivity index (χ0) is 21.9. The highest BCUT2D eigenvalue weighted by molar-refractivity contribution is 5.85. The number of hydrogen-bond donors (Lipinski definition) is 2. The third-order valence-electron chi connectivity index (χ3n) is 5.26. The molecule has 1 unspecified atom stereocenters. The zero-order valence-electron chi connectivity index (χ0n) is 18.3. The molecule has 6 nitrogen and oxygen atoms in total. The van der Waals surface area contributed by atoms with Gasteiger partial charge in [-0.2, -0.15) is 0 Å². The summed E-state index contributed by atoms with van der Waals surface area (Å²) in [4.78, 5) is 27.3. The molecular formula is C24H33N3O3. The fourth-order valence-electron chi connectivity index (χ4n) is 3.17. The summed E-state index contributed by atoms with van der Waals surface area (Å²) in [7, 11) is 3.96. The minimum Gasteiger partial charge on any atom is -0.445 e. The van der Waals surface area contributed by atoms with Crippen LogP contribution in [0, 0.1) is 5.92 Å². The molecule has 3 atom stereocenters. The number of hydrogen-bond acceptors (Lipinski definition) is 4. The highest BCUT2D eigenvalue weighted by Gasteiger charge is 2.27. The summed E-state index contributed by atoms with van der Waals surface area (Å²) < 4.78 is 5.30. The maximum Gasteiger partial charge on any atom is 0.408 e. The van der Waals surface area contributed by atoms with E-state index in [1.54, 1.807) is 0 Å². The maximum absolute atomic E-state index is 12.9. The van der Waals surface area contributed by atoms with Gasteiger partial charge in [0.15, 0.2) is 0 Å². The van der Waals surface area contributed by atoms with E-state index in [0.717, 1.165) is 17.5 Å². The van der Waals surface area contributed by atoms with Crippen molar-refractivity contribution in [3.05, 3.63) is 71.8 Å². The fraction of sp³-hybridized carbons (Fsp3) is 0.417. The Hall–Kier alpha value is -2.86. The number of nitrogens with one attached hydrogen (secondary N) is 2. The van der Waals surface area contributed by atoms with E-state index in [1.165, 1.54) is 0 Å². The largest absolute Gasteiger partial charge is 0.445 e. The lowest BCUT2D eigenvalue weighted by molar-refractivity contribution is -0.124. The second-order valence-electron chi connectivity index (χ2n) is 7.70. The number of likely N-dealkylation sites (N-methyl/N-ethyl adjacent to an activating group) is 1. The van der Waals surface area contributed by atoms with E-state index in [1.807, 2.05) is 88.6 Å². The van der Waals surface area contributed by atoms with Crippen LogP contribution in [0.1, 0.15) is 37.4 Å². The molecular weight excluding hydrogens is 378 g/mol. The van der Waals surface area contributed by atoms with E-state index < -0.39 is 12.1 Å². The van der Waals surface area contributed by atoms with Gasteiger partial charge < -0.3 is 20.3 Å². The van der Waals surface area contributed by atoms with Crippen LogP contribution in [0.4, 0.5) is 4.79 Å². The summed E-state index contributed by atoms with van der Waals surface area (Å²) in [5.41, 5.74) is 2.02. The number of carbonyl (C=O) groups excluding carboxylic acids is 2. The van der Waals surface area contributed by atoms with E-state index >= 15 is 0 Å². The van der Waals surface area contributed by atoms with Gasteiger partial charge in [0.2, 0.25) is 5.91 Å². The van der Waals surface area contributed by atoms with Gasteiger partial charge in [-0.05, 0) is 31.1 Å². The highest BCUT2D eigenvalue weighted by Crippen LogP contribution is 2.17. The van der Waals surface area contributed by atoms with Crippen LogP contribution in [0.25, 0.3) is 0 Å². The third kappa shape index (κ3) is 7.19. The first-order chi connectivity index (χ1) is 14.4. The fourth-order valence-corrected chi connectivity index (χ4v) is 3.17. The van der Waals surface area contributed by atoms with Gasteiger partial charge in [-0.1, -0.05) is 80.9 Å². The highest BCUT2D eigenvalue weighted by atomic mass is 16.5. The lowest BCUT2D eigenvalue weighted by Gasteiger charge is -2.28. The first kappa shape index (κ1) is 23.4. The van der Waals surface area contributed by atoms with Crippen molar-refractivity contribution in [2.75, 3.05) is 20.6 Å². The topological polar surface area (TPSA) is 70.7 Å². The average molecular weight is 412 g/mol. The van der Waals surface area contributed by atoms with Crippen molar-refractivity contribution in [1.29, 1.82) is 0 Å². The van der Waals surface area contributed by atoms with E-state index in [9.17, 15) is 9.59 Å². The Balaban J connectivity index is 1.96. The molecule has 2 aromatic rings. The van der Waals surface area contributed by atoms with Crippen LogP contribution in [0.3, 0.4) is 0 Å². The van der Waals surface area contributed by atoms with E-state index in [2.05, 4.69) is 15.5 Å².